The number of amides is 1. The number of likely N-dealkylation sites (tertiary alicyclic amines) is 1. The third-order valence-electron chi connectivity index (χ3n) is 5.75. The molecule has 0 radical (unpaired) electrons. The van der Waals surface area contributed by atoms with E-state index in [1.54, 1.807) is 0 Å². The van der Waals surface area contributed by atoms with Crippen LogP contribution in [0.5, 0.6) is 0 Å². The number of nitrogens with zero attached hydrogens (tertiary/aromatic N) is 4. The van der Waals surface area contributed by atoms with Gasteiger partial charge in [-0.05, 0) is 62.5 Å². The Kier molecular flexibility index (Phi) is 7.04. The molecule has 0 aliphatic carbocycles. The van der Waals surface area contributed by atoms with Crippen molar-refractivity contribution in [2.75, 3.05) is 24.2 Å². The minimum Gasteiger partial charge on any atom is -0.325 e. The largest absolute Gasteiger partial charge is 0.325 e. The predicted molar refractivity (Wildman–Crippen MR) is 125 cm³/mol. The van der Waals surface area contributed by atoms with E-state index in [0.717, 1.165) is 41.9 Å². The smallest absolute Gasteiger partial charge is 0.234 e. The monoisotopic (exact) mass is 435 g/mol. The van der Waals surface area contributed by atoms with Gasteiger partial charge >= 0.3 is 0 Å². The number of aromatic nitrogens is 3. The first kappa shape index (κ1) is 21.6. The molecule has 0 bridgehead atoms. The van der Waals surface area contributed by atoms with E-state index in [1.165, 1.54) is 35.7 Å². The first-order valence-corrected chi connectivity index (χ1v) is 11.8. The van der Waals surface area contributed by atoms with Gasteiger partial charge in [-0.15, -0.1) is 10.2 Å². The average molecular weight is 436 g/mol. The van der Waals surface area contributed by atoms with Crippen LogP contribution >= 0.6 is 11.8 Å². The maximum absolute atomic E-state index is 12.6. The molecule has 162 valence electrons. The standard InChI is InChI=1S/C24H29N5OS/c1-18-9-8-12-21(19(18)2)25-23(30)17-31-24-27-26-22(16-28-13-6-7-14-28)29(24)15-20-10-4-3-5-11-20/h3-5,8-12H,6-7,13-17H2,1-2H3,(H,25,30). The van der Waals surface area contributed by atoms with E-state index < -0.39 is 0 Å². The number of hydrogen-bond donors (Lipinski definition) is 1. The van der Waals surface area contributed by atoms with Gasteiger partial charge in [0, 0.05) is 5.69 Å². The number of thioether (sulfide) groups is 1. The average Bonchev–Trinajstić information content (AvgIpc) is 3.42. The molecule has 1 fully saturated rings. The minimum absolute atomic E-state index is 0.0333. The van der Waals surface area contributed by atoms with Gasteiger partial charge in [-0.2, -0.15) is 0 Å². The van der Waals surface area contributed by atoms with Gasteiger partial charge in [-0.1, -0.05) is 54.2 Å². The van der Waals surface area contributed by atoms with Crippen molar-refractivity contribution in [2.45, 2.75) is 44.9 Å². The zero-order valence-corrected chi connectivity index (χ0v) is 19.0. The summed E-state index contributed by atoms with van der Waals surface area (Å²) in [5.41, 5.74) is 4.33. The van der Waals surface area contributed by atoms with E-state index in [-0.39, 0.29) is 5.91 Å². The summed E-state index contributed by atoms with van der Waals surface area (Å²) in [6.45, 7) is 7.80. The summed E-state index contributed by atoms with van der Waals surface area (Å²) in [5.74, 6) is 1.22. The van der Waals surface area contributed by atoms with Crippen LogP contribution in [0.15, 0.2) is 53.7 Å². The van der Waals surface area contributed by atoms with Gasteiger partial charge in [-0.3, -0.25) is 9.69 Å². The molecular weight excluding hydrogens is 406 g/mol. The lowest BCUT2D eigenvalue weighted by atomic mass is 10.1. The summed E-state index contributed by atoms with van der Waals surface area (Å²) in [5, 5.41) is 12.7. The number of benzene rings is 2. The Bertz CT molecular complexity index is 1030. The highest BCUT2D eigenvalue weighted by Crippen LogP contribution is 2.22. The topological polar surface area (TPSA) is 63.1 Å². The lowest BCUT2D eigenvalue weighted by Gasteiger charge is -2.16. The molecule has 0 atom stereocenters. The van der Waals surface area contributed by atoms with E-state index in [4.69, 9.17) is 0 Å². The summed E-state index contributed by atoms with van der Waals surface area (Å²) in [6, 6.07) is 16.3. The van der Waals surface area contributed by atoms with Gasteiger partial charge in [0.05, 0.1) is 18.8 Å². The molecule has 1 saturated heterocycles. The van der Waals surface area contributed by atoms with E-state index in [1.807, 2.05) is 50.2 Å². The molecule has 31 heavy (non-hydrogen) atoms. The van der Waals surface area contributed by atoms with Crippen LogP contribution in [0.2, 0.25) is 0 Å². The second kappa shape index (κ2) is 10.1. The van der Waals surface area contributed by atoms with Crippen molar-refractivity contribution >= 4 is 23.4 Å². The van der Waals surface area contributed by atoms with E-state index in [0.29, 0.717) is 12.3 Å². The number of anilines is 1. The van der Waals surface area contributed by atoms with Crippen molar-refractivity contribution in [1.29, 1.82) is 0 Å². The highest BCUT2D eigenvalue weighted by atomic mass is 32.2. The molecule has 0 spiro atoms. The van der Waals surface area contributed by atoms with Gasteiger partial charge in [-0.25, -0.2) is 0 Å². The third kappa shape index (κ3) is 5.54. The minimum atomic E-state index is -0.0333. The molecule has 2 aromatic carbocycles. The van der Waals surface area contributed by atoms with Crippen LogP contribution in [-0.2, 0) is 17.9 Å². The molecule has 0 saturated carbocycles. The summed E-state index contributed by atoms with van der Waals surface area (Å²) in [7, 11) is 0. The number of carbonyl (C=O) groups excluding carboxylic acids is 1. The molecule has 7 heteroatoms. The SMILES string of the molecule is Cc1cccc(NC(=O)CSc2nnc(CN3CCCC3)n2Cc2ccccc2)c1C. The fourth-order valence-electron chi connectivity index (χ4n) is 3.81. The molecule has 0 unspecified atom stereocenters. The molecule has 6 nitrogen and oxygen atoms in total. The van der Waals surface area contributed by atoms with Gasteiger partial charge in [0.25, 0.3) is 0 Å². The van der Waals surface area contributed by atoms with E-state index >= 15 is 0 Å². The van der Waals surface area contributed by atoms with E-state index in [9.17, 15) is 4.79 Å². The number of carbonyl (C=O) groups is 1. The Morgan fingerprint density at radius 3 is 2.55 bits per heavy atom. The summed E-state index contributed by atoms with van der Waals surface area (Å²) >= 11 is 1.44. The van der Waals surface area contributed by atoms with Crippen molar-refractivity contribution in [1.82, 2.24) is 19.7 Å². The summed E-state index contributed by atoms with van der Waals surface area (Å²) in [4.78, 5) is 15.0. The Morgan fingerprint density at radius 1 is 1.00 bits per heavy atom. The van der Waals surface area contributed by atoms with Crippen molar-refractivity contribution in [3.8, 4) is 0 Å². The number of hydrogen-bond acceptors (Lipinski definition) is 5. The van der Waals surface area contributed by atoms with Crippen LogP contribution in [-0.4, -0.2) is 44.4 Å². The highest BCUT2D eigenvalue weighted by Gasteiger charge is 2.19. The second-order valence-electron chi connectivity index (χ2n) is 8.04. The van der Waals surface area contributed by atoms with E-state index in [2.05, 4.69) is 37.1 Å². The van der Waals surface area contributed by atoms with Crippen LogP contribution in [0.3, 0.4) is 0 Å². The molecule has 1 N–H and O–H groups in total. The zero-order chi connectivity index (χ0) is 21.6. The van der Waals surface area contributed by atoms with Crippen LogP contribution < -0.4 is 5.32 Å². The van der Waals surface area contributed by atoms with Crippen molar-refractivity contribution in [3.63, 3.8) is 0 Å². The predicted octanol–water partition coefficient (Wildman–Crippen LogP) is 4.27. The normalized spacial score (nSPS) is 14.1. The molecule has 3 aromatic rings. The van der Waals surface area contributed by atoms with Gasteiger partial charge < -0.3 is 9.88 Å². The lowest BCUT2D eigenvalue weighted by molar-refractivity contribution is -0.113. The van der Waals surface area contributed by atoms with Gasteiger partial charge in [0.15, 0.2) is 5.16 Å². The summed E-state index contributed by atoms with van der Waals surface area (Å²) < 4.78 is 2.16. The number of rotatable bonds is 8. The molecule has 2 heterocycles. The van der Waals surface area contributed by atoms with Crippen LogP contribution in [0.25, 0.3) is 0 Å². The molecular formula is C24H29N5OS. The third-order valence-corrected chi connectivity index (χ3v) is 6.72. The first-order chi connectivity index (χ1) is 15.1. The maximum Gasteiger partial charge on any atom is 0.234 e. The molecule has 1 aliphatic heterocycles. The summed E-state index contributed by atoms with van der Waals surface area (Å²) in [6.07, 6.45) is 2.49. The Labute approximate surface area is 188 Å². The van der Waals surface area contributed by atoms with Crippen molar-refractivity contribution in [3.05, 3.63) is 71.0 Å². The van der Waals surface area contributed by atoms with Crippen LogP contribution in [0.4, 0.5) is 5.69 Å². The molecule has 1 aromatic heterocycles. The quantitative estimate of drug-likeness (QED) is 0.536. The molecule has 1 aliphatic rings. The maximum atomic E-state index is 12.6. The molecule has 1 amide bonds. The fourth-order valence-corrected chi connectivity index (χ4v) is 4.57. The Balaban J connectivity index is 1.46. The van der Waals surface area contributed by atoms with Gasteiger partial charge in [0.2, 0.25) is 5.91 Å². The lowest BCUT2D eigenvalue weighted by Crippen LogP contribution is -2.22. The Morgan fingerprint density at radius 2 is 1.77 bits per heavy atom. The first-order valence-electron chi connectivity index (χ1n) is 10.8. The highest BCUT2D eigenvalue weighted by molar-refractivity contribution is 7.99. The zero-order valence-electron chi connectivity index (χ0n) is 18.2. The molecule has 4 rings (SSSR count). The van der Waals surface area contributed by atoms with Crippen molar-refractivity contribution in [2.24, 2.45) is 0 Å². The number of nitrogens with one attached hydrogen (secondary N) is 1. The second-order valence-corrected chi connectivity index (χ2v) is 8.98. The van der Waals surface area contributed by atoms with Crippen molar-refractivity contribution < 1.29 is 4.79 Å². The fraction of sp³-hybridized carbons (Fsp3) is 0.375. The Hall–Kier alpha value is -2.64. The van der Waals surface area contributed by atoms with Gasteiger partial charge in [0.1, 0.15) is 5.82 Å². The number of aryl methyl sites for hydroxylation is 1. The van der Waals surface area contributed by atoms with Crippen LogP contribution in [0.1, 0.15) is 35.4 Å². The van der Waals surface area contributed by atoms with Crippen LogP contribution in [0, 0.1) is 13.8 Å².